The van der Waals surface area contributed by atoms with Crippen molar-refractivity contribution in [3.8, 4) is 5.75 Å². The van der Waals surface area contributed by atoms with E-state index in [1.807, 2.05) is 0 Å². The predicted octanol–water partition coefficient (Wildman–Crippen LogP) is 4.25. The quantitative estimate of drug-likeness (QED) is 0.890. The van der Waals surface area contributed by atoms with Gasteiger partial charge >= 0.3 is 0 Å². The summed E-state index contributed by atoms with van der Waals surface area (Å²) in [6, 6.07) is 12.7. The third-order valence-corrected chi connectivity index (χ3v) is 4.30. The van der Waals surface area contributed by atoms with Crippen molar-refractivity contribution in [3.63, 3.8) is 0 Å². The van der Waals surface area contributed by atoms with Crippen LogP contribution in [0.15, 0.2) is 36.4 Å². The van der Waals surface area contributed by atoms with Crippen LogP contribution < -0.4 is 10.5 Å². The van der Waals surface area contributed by atoms with Gasteiger partial charge in [-0.15, -0.1) is 0 Å². The minimum atomic E-state index is -0.00106. The monoisotopic (exact) mass is 283 g/mol. The van der Waals surface area contributed by atoms with Crippen molar-refractivity contribution in [2.45, 2.75) is 39.7 Å². The fourth-order valence-corrected chi connectivity index (χ4v) is 2.73. The summed E-state index contributed by atoms with van der Waals surface area (Å²) in [5, 5.41) is 0. The zero-order valence-corrected chi connectivity index (χ0v) is 13.4. The highest BCUT2D eigenvalue weighted by atomic mass is 16.5. The molecule has 0 saturated heterocycles. The van der Waals surface area contributed by atoms with Gasteiger partial charge in [-0.05, 0) is 55.9 Å². The van der Waals surface area contributed by atoms with Crippen LogP contribution in [0.5, 0.6) is 5.75 Å². The van der Waals surface area contributed by atoms with Gasteiger partial charge in [0, 0.05) is 11.6 Å². The van der Waals surface area contributed by atoms with Crippen LogP contribution >= 0.6 is 0 Å². The minimum Gasteiger partial charge on any atom is -0.496 e. The molecule has 0 aliphatic heterocycles. The molecule has 2 aromatic rings. The Hall–Kier alpha value is -1.80. The Bertz CT molecular complexity index is 619. The van der Waals surface area contributed by atoms with E-state index in [-0.39, 0.29) is 6.04 Å². The number of nitrogens with two attached hydrogens (primary N) is 1. The van der Waals surface area contributed by atoms with Gasteiger partial charge in [0.25, 0.3) is 0 Å². The van der Waals surface area contributed by atoms with Gasteiger partial charge < -0.3 is 10.5 Å². The number of rotatable bonds is 5. The first-order chi connectivity index (χ1) is 10.0. The molecule has 2 rings (SSSR count). The second kappa shape index (κ2) is 6.77. The summed E-state index contributed by atoms with van der Waals surface area (Å²) in [5.74, 6) is 0.937. The first-order valence-corrected chi connectivity index (χ1v) is 7.48. The van der Waals surface area contributed by atoms with Crippen molar-refractivity contribution < 1.29 is 4.74 Å². The molecule has 1 atom stereocenters. The van der Waals surface area contributed by atoms with E-state index in [2.05, 4.69) is 57.2 Å². The van der Waals surface area contributed by atoms with E-state index < -0.39 is 0 Å². The molecule has 0 fully saturated rings. The Balaban J connectivity index is 2.16. The van der Waals surface area contributed by atoms with E-state index in [9.17, 15) is 0 Å². The largest absolute Gasteiger partial charge is 0.496 e. The van der Waals surface area contributed by atoms with E-state index >= 15 is 0 Å². The van der Waals surface area contributed by atoms with Crippen LogP contribution in [-0.4, -0.2) is 7.11 Å². The van der Waals surface area contributed by atoms with Crippen molar-refractivity contribution in [3.05, 3.63) is 64.2 Å². The molecule has 2 N–H and O–H groups in total. The fourth-order valence-electron chi connectivity index (χ4n) is 2.73. The average Bonchev–Trinajstić information content (AvgIpc) is 2.48. The van der Waals surface area contributed by atoms with Crippen molar-refractivity contribution in [2.24, 2.45) is 5.73 Å². The Morgan fingerprint density at radius 2 is 1.71 bits per heavy atom. The standard InChI is InChI=1S/C19H25NO/c1-13-9-11-17(19(21-4)15(13)3)18(20)12-10-16-8-6-5-7-14(16)2/h5-9,11,18H,10,12,20H2,1-4H3. The van der Waals surface area contributed by atoms with E-state index in [0.717, 1.165) is 24.2 Å². The van der Waals surface area contributed by atoms with Gasteiger partial charge in [0.05, 0.1) is 7.11 Å². The Labute approximate surface area is 127 Å². The van der Waals surface area contributed by atoms with Crippen LogP contribution in [0.1, 0.15) is 40.3 Å². The van der Waals surface area contributed by atoms with Crippen molar-refractivity contribution in [1.82, 2.24) is 0 Å². The van der Waals surface area contributed by atoms with Crippen LogP contribution in [0.3, 0.4) is 0 Å². The van der Waals surface area contributed by atoms with Gasteiger partial charge in [-0.1, -0.05) is 36.4 Å². The van der Waals surface area contributed by atoms with Crippen molar-refractivity contribution in [2.75, 3.05) is 7.11 Å². The van der Waals surface area contributed by atoms with Crippen LogP contribution in [0.4, 0.5) is 0 Å². The number of hydrogen-bond acceptors (Lipinski definition) is 2. The lowest BCUT2D eigenvalue weighted by Gasteiger charge is -2.19. The molecule has 21 heavy (non-hydrogen) atoms. The first-order valence-electron chi connectivity index (χ1n) is 7.48. The Morgan fingerprint density at radius 1 is 1.00 bits per heavy atom. The normalized spacial score (nSPS) is 12.2. The number of hydrogen-bond donors (Lipinski definition) is 1. The van der Waals surface area contributed by atoms with Gasteiger partial charge in [-0.3, -0.25) is 0 Å². The van der Waals surface area contributed by atoms with Crippen LogP contribution in [0.25, 0.3) is 0 Å². The molecule has 0 aromatic heterocycles. The van der Waals surface area contributed by atoms with Gasteiger partial charge in [0.2, 0.25) is 0 Å². The molecule has 2 nitrogen and oxygen atoms in total. The predicted molar refractivity (Wildman–Crippen MR) is 88.9 cm³/mol. The second-order valence-electron chi connectivity index (χ2n) is 5.70. The zero-order chi connectivity index (χ0) is 15.4. The molecule has 0 amide bonds. The lowest BCUT2D eigenvalue weighted by molar-refractivity contribution is 0.400. The smallest absolute Gasteiger partial charge is 0.126 e. The third kappa shape index (κ3) is 3.45. The molecule has 2 aromatic carbocycles. The minimum absolute atomic E-state index is 0.00106. The summed E-state index contributed by atoms with van der Waals surface area (Å²) in [6.07, 6.45) is 1.91. The van der Waals surface area contributed by atoms with Crippen LogP contribution in [0, 0.1) is 20.8 Å². The zero-order valence-electron chi connectivity index (χ0n) is 13.4. The van der Waals surface area contributed by atoms with E-state index in [1.54, 1.807) is 7.11 Å². The van der Waals surface area contributed by atoms with Gasteiger partial charge in [0.15, 0.2) is 0 Å². The van der Waals surface area contributed by atoms with Crippen molar-refractivity contribution >= 4 is 0 Å². The summed E-state index contributed by atoms with van der Waals surface area (Å²) >= 11 is 0. The molecular weight excluding hydrogens is 258 g/mol. The highest BCUT2D eigenvalue weighted by molar-refractivity contribution is 5.46. The van der Waals surface area contributed by atoms with E-state index in [4.69, 9.17) is 10.5 Å². The Morgan fingerprint density at radius 3 is 2.38 bits per heavy atom. The lowest BCUT2D eigenvalue weighted by atomic mass is 9.94. The summed E-state index contributed by atoms with van der Waals surface area (Å²) in [4.78, 5) is 0. The van der Waals surface area contributed by atoms with Gasteiger partial charge in [-0.25, -0.2) is 0 Å². The highest BCUT2D eigenvalue weighted by Gasteiger charge is 2.15. The van der Waals surface area contributed by atoms with Gasteiger partial charge in [-0.2, -0.15) is 0 Å². The lowest BCUT2D eigenvalue weighted by Crippen LogP contribution is -2.13. The maximum atomic E-state index is 6.41. The molecule has 1 unspecified atom stereocenters. The first kappa shape index (κ1) is 15.6. The molecule has 0 saturated carbocycles. The van der Waals surface area contributed by atoms with E-state index in [0.29, 0.717) is 0 Å². The average molecular weight is 283 g/mol. The van der Waals surface area contributed by atoms with Crippen LogP contribution in [-0.2, 0) is 6.42 Å². The topological polar surface area (TPSA) is 35.2 Å². The third-order valence-electron chi connectivity index (χ3n) is 4.30. The maximum absolute atomic E-state index is 6.41. The second-order valence-corrected chi connectivity index (χ2v) is 5.70. The SMILES string of the molecule is COc1c(C(N)CCc2ccccc2C)ccc(C)c1C. The maximum Gasteiger partial charge on any atom is 0.126 e. The molecule has 0 aliphatic rings. The number of ether oxygens (including phenoxy) is 1. The molecule has 0 heterocycles. The molecule has 0 bridgehead atoms. The highest BCUT2D eigenvalue weighted by Crippen LogP contribution is 2.31. The number of methoxy groups -OCH3 is 1. The molecular formula is C19H25NO. The number of aryl methyl sites for hydroxylation is 3. The summed E-state index contributed by atoms with van der Waals surface area (Å²) in [6.45, 7) is 6.34. The Kier molecular flexibility index (Phi) is 5.03. The molecule has 0 radical (unpaired) electrons. The van der Waals surface area contributed by atoms with E-state index in [1.165, 1.54) is 22.3 Å². The molecule has 0 spiro atoms. The molecule has 0 aliphatic carbocycles. The molecule has 112 valence electrons. The summed E-state index contributed by atoms with van der Waals surface area (Å²) in [5.41, 5.74) is 12.6. The molecule has 2 heteroatoms. The summed E-state index contributed by atoms with van der Waals surface area (Å²) in [7, 11) is 1.72. The van der Waals surface area contributed by atoms with Crippen molar-refractivity contribution in [1.29, 1.82) is 0 Å². The van der Waals surface area contributed by atoms with Crippen LogP contribution in [0.2, 0.25) is 0 Å². The fraction of sp³-hybridized carbons (Fsp3) is 0.368. The van der Waals surface area contributed by atoms with Gasteiger partial charge in [0.1, 0.15) is 5.75 Å². The summed E-state index contributed by atoms with van der Waals surface area (Å²) < 4.78 is 5.57. The number of benzene rings is 2.